The van der Waals surface area contributed by atoms with Gasteiger partial charge >= 0.3 is 0 Å². The van der Waals surface area contributed by atoms with Crippen LogP contribution in [0, 0.1) is 5.92 Å². The van der Waals surface area contributed by atoms with E-state index in [0.717, 1.165) is 0 Å². The average Bonchev–Trinajstić information content (AvgIpc) is 2.81. The minimum atomic E-state index is -4.02. The number of ether oxygens (including phenoxy) is 1. The van der Waals surface area contributed by atoms with Crippen molar-refractivity contribution in [2.24, 2.45) is 10.3 Å². The van der Waals surface area contributed by atoms with Crippen molar-refractivity contribution >= 4 is 44.7 Å². The molecule has 3 aromatic rings. The number of benzene rings is 3. The molecule has 0 spiro atoms. The Morgan fingerprint density at radius 2 is 1.79 bits per heavy atom. The molecule has 0 aromatic heterocycles. The van der Waals surface area contributed by atoms with Crippen LogP contribution in [0.2, 0.25) is 5.02 Å². The van der Waals surface area contributed by atoms with Crippen molar-refractivity contribution in [2.75, 3.05) is 23.9 Å². The quantitative estimate of drug-likeness (QED) is 0.505. The third kappa shape index (κ3) is 4.78. The molecular weight excluding hydrogens is 474 g/mol. The topological polar surface area (TPSA) is 88.1 Å². The highest BCUT2D eigenvalue weighted by Gasteiger charge is 2.32. The van der Waals surface area contributed by atoms with E-state index in [0.29, 0.717) is 45.7 Å². The third-order valence-corrected chi connectivity index (χ3v) is 6.89. The van der Waals surface area contributed by atoms with Gasteiger partial charge in [0.1, 0.15) is 10.6 Å². The average molecular weight is 498 g/mol. The van der Waals surface area contributed by atoms with Gasteiger partial charge < -0.3 is 15.0 Å². The summed E-state index contributed by atoms with van der Waals surface area (Å²) in [6, 6.07) is 18.5. The minimum absolute atomic E-state index is 0.0300. The van der Waals surface area contributed by atoms with Crippen LogP contribution in [0.15, 0.2) is 76.0 Å². The van der Waals surface area contributed by atoms with Crippen LogP contribution in [0.1, 0.15) is 29.8 Å². The van der Waals surface area contributed by atoms with Gasteiger partial charge in [0.15, 0.2) is 5.84 Å². The van der Waals surface area contributed by atoms with E-state index in [2.05, 4.69) is 9.71 Å². The summed E-state index contributed by atoms with van der Waals surface area (Å²) in [7, 11) is -2.45. The molecule has 1 aliphatic rings. The molecule has 4 rings (SSSR count). The molecule has 1 N–H and O–H groups in total. The Bertz CT molecular complexity index is 1370. The number of fused-ring (bicyclic) bond motifs is 1. The fourth-order valence-electron chi connectivity index (χ4n) is 3.69. The Labute approximate surface area is 204 Å². The van der Waals surface area contributed by atoms with Gasteiger partial charge in [-0.05, 0) is 60.5 Å². The number of hydrogen-bond donors (Lipinski definition) is 1. The number of halogens is 1. The van der Waals surface area contributed by atoms with Gasteiger partial charge in [0, 0.05) is 17.8 Å². The molecule has 0 atom stereocenters. The Hall–Kier alpha value is -3.36. The number of amides is 1. The monoisotopic (exact) mass is 497 g/mol. The third-order valence-electron chi connectivity index (χ3n) is 5.26. The molecule has 3 aromatic carbocycles. The number of carbonyl (C=O) groups is 1. The molecular formula is C25H24ClN3O4S. The standard InChI is InChI=1S/C25H24ClN3O4S/c1-16(2)15-29-22-13-10-18(27-25(30)20-6-4-5-7-21(20)26)14-23(22)34(31,32)28-24(29)17-8-11-19(33-3)12-9-17/h4-14,16H,15H2,1-3H3,(H,27,30). The zero-order chi connectivity index (χ0) is 24.5. The van der Waals surface area contributed by atoms with Gasteiger partial charge in [0.25, 0.3) is 15.9 Å². The predicted molar refractivity (Wildman–Crippen MR) is 135 cm³/mol. The van der Waals surface area contributed by atoms with E-state index in [1.807, 2.05) is 18.7 Å². The van der Waals surface area contributed by atoms with Crippen LogP contribution in [0.4, 0.5) is 11.4 Å². The summed E-state index contributed by atoms with van der Waals surface area (Å²) in [5.74, 6) is 0.811. The van der Waals surface area contributed by atoms with Gasteiger partial charge in [-0.1, -0.05) is 37.6 Å². The molecule has 7 nitrogen and oxygen atoms in total. The van der Waals surface area contributed by atoms with Crippen LogP contribution in [-0.4, -0.2) is 33.8 Å². The molecule has 0 aliphatic carbocycles. The fourth-order valence-corrected chi connectivity index (χ4v) is 5.16. The molecule has 0 saturated carbocycles. The lowest BCUT2D eigenvalue weighted by Crippen LogP contribution is -2.39. The fraction of sp³-hybridized carbons (Fsp3) is 0.200. The lowest BCUT2D eigenvalue weighted by Gasteiger charge is -2.32. The maximum absolute atomic E-state index is 13.2. The number of rotatable bonds is 6. The number of nitrogens with one attached hydrogen (secondary N) is 1. The number of hydrogen-bond acceptors (Lipinski definition) is 5. The summed E-state index contributed by atoms with van der Waals surface area (Å²) in [5, 5.41) is 3.04. The maximum Gasteiger partial charge on any atom is 0.286 e. The van der Waals surface area contributed by atoms with Gasteiger partial charge in [-0.25, -0.2) is 0 Å². The summed E-state index contributed by atoms with van der Waals surface area (Å²) in [6.07, 6.45) is 0. The normalized spacial score (nSPS) is 14.4. The highest BCUT2D eigenvalue weighted by atomic mass is 35.5. The van der Waals surface area contributed by atoms with E-state index in [1.54, 1.807) is 67.8 Å². The van der Waals surface area contributed by atoms with Crippen molar-refractivity contribution in [3.63, 3.8) is 0 Å². The van der Waals surface area contributed by atoms with E-state index in [1.165, 1.54) is 6.07 Å². The molecule has 1 amide bonds. The van der Waals surface area contributed by atoms with Crippen LogP contribution in [0.5, 0.6) is 5.75 Å². The van der Waals surface area contributed by atoms with E-state index in [9.17, 15) is 13.2 Å². The molecule has 0 fully saturated rings. The molecule has 0 bridgehead atoms. The number of methoxy groups -OCH3 is 1. The number of amidine groups is 1. The smallest absolute Gasteiger partial charge is 0.286 e. The van der Waals surface area contributed by atoms with Crippen molar-refractivity contribution in [3.8, 4) is 5.75 Å². The van der Waals surface area contributed by atoms with E-state index >= 15 is 0 Å². The zero-order valence-electron chi connectivity index (χ0n) is 18.9. The second kappa shape index (κ2) is 9.48. The van der Waals surface area contributed by atoms with Gasteiger partial charge in [0.05, 0.1) is 23.4 Å². The first-order valence-corrected chi connectivity index (χ1v) is 12.5. The second-order valence-corrected chi connectivity index (χ2v) is 10.2. The van der Waals surface area contributed by atoms with Gasteiger partial charge in [-0.15, -0.1) is 4.40 Å². The van der Waals surface area contributed by atoms with Gasteiger partial charge in [-0.2, -0.15) is 8.42 Å². The molecule has 0 unspecified atom stereocenters. The van der Waals surface area contributed by atoms with Crippen molar-refractivity contribution in [1.82, 2.24) is 0 Å². The first-order valence-electron chi connectivity index (χ1n) is 10.7. The molecule has 1 aliphatic heterocycles. The van der Waals surface area contributed by atoms with Gasteiger partial charge in [-0.3, -0.25) is 4.79 Å². The summed E-state index contributed by atoms with van der Waals surface area (Å²) >= 11 is 6.12. The van der Waals surface area contributed by atoms with Crippen molar-refractivity contribution in [3.05, 3.63) is 82.9 Å². The lowest BCUT2D eigenvalue weighted by atomic mass is 10.1. The summed E-state index contributed by atoms with van der Waals surface area (Å²) < 4.78 is 35.8. The molecule has 0 saturated heterocycles. The highest BCUT2D eigenvalue weighted by Crippen LogP contribution is 2.36. The predicted octanol–water partition coefficient (Wildman–Crippen LogP) is 5.21. The largest absolute Gasteiger partial charge is 0.497 e. The Balaban J connectivity index is 1.74. The lowest BCUT2D eigenvalue weighted by molar-refractivity contribution is 0.102. The van der Waals surface area contributed by atoms with E-state index < -0.39 is 15.9 Å². The summed E-state index contributed by atoms with van der Waals surface area (Å²) in [4.78, 5) is 14.6. The van der Waals surface area contributed by atoms with E-state index in [4.69, 9.17) is 16.3 Å². The van der Waals surface area contributed by atoms with Crippen molar-refractivity contribution < 1.29 is 17.9 Å². The number of nitrogens with zero attached hydrogens (tertiary/aromatic N) is 2. The minimum Gasteiger partial charge on any atom is -0.497 e. The molecule has 0 radical (unpaired) electrons. The maximum atomic E-state index is 13.2. The summed E-state index contributed by atoms with van der Waals surface area (Å²) in [5.41, 5.74) is 1.79. The zero-order valence-corrected chi connectivity index (χ0v) is 20.5. The van der Waals surface area contributed by atoms with Crippen LogP contribution < -0.4 is 15.0 Å². The van der Waals surface area contributed by atoms with Crippen LogP contribution in [0.25, 0.3) is 0 Å². The Morgan fingerprint density at radius 1 is 1.09 bits per heavy atom. The SMILES string of the molecule is COc1ccc(C2=NS(=O)(=O)c3cc(NC(=O)c4ccccc4Cl)ccc3N2CC(C)C)cc1. The number of carbonyl (C=O) groups excluding carboxylic acids is 1. The first-order chi connectivity index (χ1) is 16.2. The molecule has 9 heteroatoms. The van der Waals surface area contributed by atoms with E-state index in [-0.39, 0.29) is 10.8 Å². The number of anilines is 2. The molecule has 1 heterocycles. The molecule has 176 valence electrons. The molecule has 34 heavy (non-hydrogen) atoms. The highest BCUT2D eigenvalue weighted by molar-refractivity contribution is 7.90. The summed E-state index contributed by atoms with van der Waals surface area (Å²) in [6.45, 7) is 4.65. The Kier molecular flexibility index (Phi) is 6.63. The van der Waals surface area contributed by atoms with Crippen LogP contribution in [-0.2, 0) is 10.0 Å². The van der Waals surface area contributed by atoms with Crippen molar-refractivity contribution in [1.29, 1.82) is 0 Å². The van der Waals surface area contributed by atoms with Crippen molar-refractivity contribution in [2.45, 2.75) is 18.7 Å². The Morgan fingerprint density at radius 3 is 2.44 bits per heavy atom. The van der Waals surface area contributed by atoms with Crippen LogP contribution in [0.3, 0.4) is 0 Å². The second-order valence-electron chi connectivity index (χ2n) is 8.24. The number of sulfonamides is 1. The van der Waals surface area contributed by atoms with Gasteiger partial charge in [0.2, 0.25) is 0 Å². The van der Waals surface area contributed by atoms with Crippen LogP contribution >= 0.6 is 11.6 Å². The first kappa shape index (κ1) is 23.8.